The molecule has 0 aliphatic carbocycles. The van der Waals surface area contributed by atoms with Crippen molar-refractivity contribution in [2.45, 2.75) is 46.5 Å². The lowest BCUT2D eigenvalue weighted by atomic mass is 9.87. The van der Waals surface area contributed by atoms with Gasteiger partial charge in [0.25, 0.3) is 5.91 Å². The van der Waals surface area contributed by atoms with Gasteiger partial charge in [-0.25, -0.2) is 4.98 Å². The average Bonchev–Trinajstić information content (AvgIpc) is 3.59. The summed E-state index contributed by atoms with van der Waals surface area (Å²) in [6.45, 7) is 6.37. The standard InChI is InChI=1S/C31H29F3N6O2/c1-5-39-17-26(29(37-39)31(32,33)34)23-13-20(16-38-11-9-35-19(38)3)14-24-22(23)8-10-40(30(24)41)28-12-18(2)36-27-7-6-21(42-4)15-25(27)28/h6-7,9,11-15,17H,5,8,10,16H2,1-4H3. The Hall–Kier alpha value is -4.67. The zero-order valence-electron chi connectivity index (χ0n) is 23.7. The number of pyridine rings is 1. The second kappa shape index (κ2) is 10.3. The maximum absolute atomic E-state index is 14.3. The second-order valence-corrected chi connectivity index (χ2v) is 10.4. The van der Waals surface area contributed by atoms with E-state index in [1.54, 1.807) is 43.5 Å². The fourth-order valence-corrected chi connectivity index (χ4v) is 5.65. The molecule has 1 amide bonds. The predicted molar refractivity (Wildman–Crippen MR) is 153 cm³/mol. The van der Waals surface area contributed by atoms with Gasteiger partial charge < -0.3 is 14.2 Å². The molecule has 0 atom stereocenters. The number of aryl methyl sites for hydroxylation is 3. The molecule has 1 aliphatic rings. The van der Waals surface area contributed by atoms with Crippen molar-refractivity contribution in [1.82, 2.24) is 24.3 Å². The van der Waals surface area contributed by atoms with E-state index in [0.29, 0.717) is 46.7 Å². The van der Waals surface area contributed by atoms with E-state index in [4.69, 9.17) is 4.74 Å². The molecule has 3 aromatic heterocycles. The normalized spacial score (nSPS) is 13.6. The minimum atomic E-state index is -4.66. The van der Waals surface area contributed by atoms with Crippen LogP contribution < -0.4 is 9.64 Å². The summed E-state index contributed by atoms with van der Waals surface area (Å²) in [4.78, 5) is 24.9. The quantitative estimate of drug-likeness (QED) is 0.241. The number of imidazole rings is 1. The predicted octanol–water partition coefficient (Wildman–Crippen LogP) is 6.21. The second-order valence-electron chi connectivity index (χ2n) is 10.4. The number of hydrogen-bond acceptors (Lipinski definition) is 5. The lowest BCUT2D eigenvalue weighted by Gasteiger charge is -2.31. The maximum Gasteiger partial charge on any atom is 0.435 e. The van der Waals surface area contributed by atoms with Crippen molar-refractivity contribution < 1.29 is 22.7 Å². The van der Waals surface area contributed by atoms with Crippen molar-refractivity contribution in [3.05, 3.63) is 88.9 Å². The summed E-state index contributed by atoms with van der Waals surface area (Å²) in [7, 11) is 1.58. The number of ether oxygens (including phenoxy) is 1. The fourth-order valence-electron chi connectivity index (χ4n) is 5.65. The molecule has 0 N–H and O–H groups in total. The molecule has 1 aliphatic heterocycles. The average molecular weight is 575 g/mol. The molecule has 0 saturated heterocycles. The molecule has 5 aromatic rings. The van der Waals surface area contributed by atoms with Gasteiger partial charge >= 0.3 is 6.18 Å². The third-order valence-electron chi connectivity index (χ3n) is 7.70. The summed E-state index contributed by atoms with van der Waals surface area (Å²) < 4.78 is 51.2. The third-order valence-corrected chi connectivity index (χ3v) is 7.70. The molecule has 0 bridgehead atoms. The number of hydrogen-bond donors (Lipinski definition) is 0. The Morgan fingerprint density at radius 2 is 1.83 bits per heavy atom. The maximum atomic E-state index is 14.3. The highest BCUT2D eigenvalue weighted by atomic mass is 19.4. The SMILES string of the molecule is CCn1cc(-c2cc(Cn3ccnc3C)cc3c2CCN(c2cc(C)nc4ccc(OC)cc24)C3=O)c(C(F)(F)F)n1. The topological polar surface area (TPSA) is 78.1 Å². The summed E-state index contributed by atoms with van der Waals surface area (Å²) >= 11 is 0. The Kier molecular flexibility index (Phi) is 6.75. The van der Waals surface area contributed by atoms with Crippen LogP contribution in [0.2, 0.25) is 0 Å². The Balaban J connectivity index is 1.54. The van der Waals surface area contributed by atoms with Crippen LogP contribution in [0, 0.1) is 13.8 Å². The number of nitrogens with zero attached hydrogens (tertiary/aromatic N) is 6. The van der Waals surface area contributed by atoms with Gasteiger partial charge in [0.15, 0.2) is 5.69 Å². The number of carbonyl (C=O) groups is 1. The number of benzene rings is 2. The van der Waals surface area contributed by atoms with Crippen LogP contribution in [0.15, 0.2) is 55.0 Å². The molecule has 0 radical (unpaired) electrons. The molecule has 42 heavy (non-hydrogen) atoms. The van der Waals surface area contributed by atoms with E-state index in [-0.39, 0.29) is 24.6 Å². The Morgan fingerprint density at radius 1 is 1.05 bits per heavy atom. The van der Waals surface area contributed by atoms with E-state index < -0.39 is 11.9 Å². The lowest BCUT2D eigenvalue weighted by molar-refractivity contribution is -0.141. The number of alkyl halides is 3. The van der Waals surface area contributed by atoms with Crippen molar-refractivity contribution in [2.24, 2.45) is 0 Å². The van der Waals surface area contributed by atoms with Crippen molar-refractivity contribution in [1.29, 1.82) is 0 Å². The van der Waals surface area contributed by atoms with Crippen molar-refractivity contribution in [3.63, 3.8) is 0 Å². The third kappa shape index (κ3) is 4.78. The summed E-state index contributed by atoms with van der Waals surface area (Å²) in [5, 5.41) is 4.60. The van der Waals surface area contributed by atoms with E-state index in [2.05, 4.69) is 15.1 Å². The van der Waals surface area contributed by atoms with Crippen LogP contribution in [-0.4, -0.2) is 43.9 Å². The molecule has 0 fully saturated rings. The van der Waals surface area contributed by atoms with Gasteiger partial charge in [-0.15, -0.1) is 0 Å². The van der Waals surface area contributed by atoms with Gasteiger partial charge in [-0.2, -0.15) is 18.3 Å². The van der Waals surface area contributed by atoms with Gasteiger partial charge in [0.05, 0.1) is 18.3 Å². The first-order valence-corrected chi connectivity index (χ1v) is 13.6. The molecule has 0 unspecified atom stereocenters. The van der Waals surface area contributed by atoms with Crippen LogP contribution in [0.3, 0.4) is 0 Å². The molecule has 4 heterocycles. The highest BCUT2D eigenvalue weighted by Gasteiger charge is 2.39. The number of halogens is 3. The van der Waals surface area contributed by atoms with Gasteiger partial charge in [-0.1, -0.05) is 0 Å². The Bertz CT molecular complexity index is 1840. The molecule has 0 spiro atoms. The van der Waals surface area contributed by atoms with Gasteiger partial charge in [-0.05, 0) is 80.3 Å². The summed E-state index contributed by atoms with van der Waals surface area (Å²) in [5.41, 5.74) is 3.17. The molecule has 0 saturated carbocycles. The monoisotopic (exact) mass is 574 g/mol. The smallest absolute Gasteiger partial charge is 0.435 e. The fraction of sp³-hybridized carbons (Fsp3) is 0.290. The van der Waals surface area contributed by atoms with Crippen LogP contribution in [0.25, 0.3) is 22.0 Å². The first-order valence-electron chi connectivity index (χ1n) is 13.6. The zero-order chi connectivity index (χ0) is 29.8. The minimum Gasteiger partial charge on any atom is -0.497 e. The van der Waals surface area contributed by atoms with Crippen LogP contribution in [0.4, 0.5) is 18.9 Å². The van der Waals surface area contributed by atoms with Gasteiger partial charge in [-0.3, -0.25) is 14.5 Å². The minimum absolute atomic E-state index is 0.0269. The first kappa shape index (κ1) is 27.5. The van der Waals surface area contributed by atoms with E-state index in [9.17, 15) is 18.0 Å². The molecule has 2 aromatic carbocycles. The lowest BCUT2D eigenvalue weighted by Crippen LogP contribution is -2.38. The molecule has 11 heteroatoms. The zero-order valence-corrected chi connectivity index (χ0v) is 23.7. The van der Waals surface area contributed by atoms with Gasteiger partial charge in [0.1, 0.15) is 11.6 Å². The molecular weight excluding hydrogens is 545 g/mol. The Labute approximate surface area is 240 Å². The van der Waals surface area contributed by atoms with Gasteiger partial charge in [0.2, 0.25) is 0 Å². The van der Waals surface area contributed by atoms with Crippen LogP contribution >= 0.6 is 0 Å². The number of amides is 1. The number of aromatic nitrogens is 5. The summed E-state index contributed by atoms with van der Waals surface area (Å²) in [6.07, 6.45) is 0.602. The molecular formula is C31H29F3N6O2. The van der Waals surface area contributed by atoms with Crippen molar-refractivity contribution in [3.8, 4) is 16.9 Å². The highest BCUT2D eigenvalue weighted by molar-refractivity contribution is 6.13. The van der Waals surface area contributed by atoms with Crippen LogP contribution in [0.5, 0.6) is 5.75 Å². The number of fused-ring (bicyclic) bond motifs is 2. The largest absolute Gasteiger partial charge is 0.497 e. The van der Waals surface area contributed by atoms with E-state index in [1.807, 2.05) is 42.7 Å². The van der Waals surface area contributed by atoms with E-state index in [1.165, 1.54) is 10.9 Å². The van der Waals surface area contributed by atoms with Crippen molar-refractivity contribution >= 4 is 22.5 Å². The molecule has 216 valence electrons. The number of rotatable bonds is 6. The number of carbonyl (C=O) groups excluding carboxylic acids is 1. The number of methoxy groups -OCH3 is 1. The van der Waals surface area contributed by atoms with E-state index >= 15 is 0 Å². The van der Waals surface area contributed by atoms with Crippen molar-refractivity contribution in [2.75, 3.05) is 18.6 Å². The Morgan fingerprint density at radius 3 is 2.52 bits per heavy atom. The number of anilines is 1. The van der Waals surface area contributed by atoms with E-state index in [0.717, 1.165) is 22.4 Å². The van der Waals surface area contributed by atoms with Crippen LogP contribution in [0.1, 0.15) is 45.6 Å². The summed E-state index contributed by atoms with van der Waals surface area (Å²) in [5.74, 6) is 1.10. The molecule has 6 rings (SSSR count). The molecule has 8 nitrogen and oxygen atoms in total. The highest BCUT2D eigenvalue weighted by Crippen LogP contribution is 2.41. The summed E-state index contributed by atoms with van der Waals surface area (Å²) in [6, 6.07) is 10.9. The van der Waals surface area contributed by atoms with Crippen LogP contribution in [-0.2, 0) is 25.7 Å². The van der Waals surface area contributed by atoms with Gasteiger partial charge in [0, 0.05) is 60.4 Å². The first-order chi connectivity index (χ1) is 20.1.